The lowest BCUT2D eigenvalue weighted by Gasteiger charge is -2.29. The highest BCUT2D eigenvalue weighted by Crippen LogP contribution is 2.40. The second kappa shape index (κ2) is 28.3. The molecule has 24 nitrogen and oxygen atoms in total. The van der Waals surface area contributed by atoms with Gasteiger partial charge in [0.1, 0.15) is 6.42 Å². The Hall–Kier alpha value is -0.840. The van der Waals surface area contributed by atoms with E-state index in [1.54, 1.807) is 149 Å². The number of aliphatic hydroxyl groups excluding tert-OH is 10. The first-order chi connectivity index (χ1) is 32.7. The highest BCUT2D eigenvalue weighted by molar-refractivity contribution is 14.1. The average molecular weight is 1670 g/mol. The van der Waals surface area contributed by atoms with Crippen molar-refractivity contribution in [3.8, 4) is 0 Å². The van der Waals surface area contributed by atoms with Gasteiger partial charge in [-0.3, -0.25) is 28.8 Å². The smallest absolute Gasteiger partial charge is 0.253 e. The van der Waals surface area contributed by atoms with E-state index >= 15 is 0 Å². The molecule has 0 radical (unpaired) electrons. The van der Waals surface area contributed by atoms with Crippen LogP contribution in [0.25, 0.3) is 0 Å². The van der Waals surface area contributed by atoms with Crippen LogP contribution in [0.2, 0.25) is 0 Å². The summed E-state index contributed by atoms with van der Waals surface area (Å²) in [5, 5.41) is 110. The van der Waals surface area contributed by atoms with Crippen molar-refractivity contribution in [1.29, 1.82) is 0 Å². The van der Waals surface area contributed by atoms with Crippen LogP contribution < -0.4 is 31.1 Å². The number of nitrogens with one attached hydrogen (secondary N) is 4. The minimum Gasteiger partial charge on any atom is -0.394 e. The first kappa shape index (κ1) is 63.5. The number of rotatable bonds is 21. The molecule has 2 aromatic rings. The number of amides is 6. The summed E-state index contributed by atoms with van der Waals surface area (Å²) in [5.74, 6) is -6.66. The SMILES string of the molecule is CN(C(=O)CC(=O)N(C)c1c(I)c(C(=O)NC(CO)C(O)CO)c(I)c(C(=O)NC2COC(C)(C)OCC2O)c1I)c1c(I)c(C(=O)NC(CO)C(O)CO)c(I)c(C(=O)NC(CO)C(O)CO)c1I. The Labute approximate surface area is 482 Å². The van der Waals surface area contributed by atoms with Crippen molar-refractivity contribution in [2.45, 2.75) is 74.6 Å². The van der Waals surface area contributed by atoms with Crippen molar-refractivity contribution in [3.05, 3.63) is 43.7 Å². The number of anilines is 2. The molecule has 0 saturated carbocycles. The molecule has 1 aliphatic heterocycles. The van der Waals surface area contributed by atoms with Crippen molar-refractivity contribution in [2.24, 2.45) is 0 Å². The number of hydrogen-bond acceptors (Lipinski definition) is 18. The number of carbonyl (C=O) groups excluding carboxylic acids is 6. The summed E-state index contributed by atoms with van der Waals surface area (Å²) in [6.07, 6.45) is -7.02. The lowest BCUT2D eigenvalue weighted by Crippen LogP contribution is -2.49. The summed E-state index contributed by atoms with van der Waals surface area (Å²) in [6.45, 7) is -2.15. The molecule has 14 N–H and O–H groups in total. The Morgan fingerprint density at radius 1 is 0.543 bits per heavy atom. The van der Waals surface area contributed by atoms with Gasteiger partial charge < -0.3 is 91.6 Å². The Balaban J connectivity index is 2.22. The van der Waals surface area contributed by atoms with Crippen LogP contribution in [0.1, 0.15) is 61.7 Å². The molecule has 6 amide bonds. The summed E-state index contributed by atoms with van der Waals surface area (Å²) in [6, 6.07) is -5.20. The summed E-state index contributed by atoms with van der Waals surface area (Å²) in [4.78, 5) is 86.9. The van der Waals surface area contributed by atoms with Gasteiger partial charge in [-0.2, -0.15) is 0 Å². The van der Waals surface area contributed by atoms with E-state index in [-0.39, 0.29) is 68.3 Å². The zero-order valence-corrected chi connectivity index (χ0v) is 50.3. The molecule has 0 spiro atoms. The maximum Gasteiger partial charge on any atom is 0.253 e. The van der Waals surface area contributed by atoms with Gasteiger partial charge in [0.2, 0.25) is 11.8 Å². The predicted octanol–water partition coefficient (Wildman–Crippen LogP) is -2.10. The van der Waals surface area contributed by atoms with Crippen LogP contribution in [0, 0.1) is 21.4 Å². The van der Waals surface area contributed by atoms with Crippen molar-refractivity contribution in [1.82, 2.24) is 21.3 Å². The van der Waals surface area contributed by atoms with E-state index in [4.69, 9.17) is 9.47 Å². The van der Waals surface area contributed by atoms with Gasteiger partial charge in [-0.15, -0.1) is 0 Å². The van der Waals surface area contributed by atoms with Crippen molar-refractivity contribution < 1.29 is 89.3 Å². The van der Waals surface area contributed by atoms with Crippen LogP contribution >= 0.6 is 136 Å². The minimum atomic E-state index is -1.62. The van der Waals surface area contributed by atoms with E-state index in [1.807, 2.05) is 0 Å². The summed E-state index contributed by atoms with van der Waals surface area (Å²) < 4.78 is 11.5. The van der Waals surface area contributed by atoms with Gasteiger partial charge in [-0.1, -0.05) is 0 Å². The van der Waals surface area contributed by atoms with Gasteiger partial charge in [0.15, 0.2) is 5.79 Å². The normalized spacial score (nSPS) is 18.3. The number of carbonyl (C=O) groups is 6. The zero-order chi connectivity index (χ0) is 53.3. The van der Waals surface area contributed by atoms with E-state index in [2.05, 4.69) is 21.3 Å². The van der Waals surface area contributed by atoms with Crippen molar-refractivity contribution in [3.63, 3.8) is 0 Å². The third-order valence-electron chi connectivity index (χ3n) is 10.7. The van der Waals surface area contributed by atoms with E-state index in [0.29, 0.717) is 0 Å². The average Bonchev–Trinajstić information content (AvgIpc) is 3.43. The van der Waals surface area contributed by atoms with Gasteiger partial charge in [0, 0.05) is 21.2 Å². The van der Waals surface area contributed by atoms with E-state index < -0.39 is 136 Å². The summed E-state index contributed by atoms with van der Waals surface area (Å²) in [7, 11) is 2.50. The molecule has 1 fully saturated rings. The van der Waals surface area contributed by atoms with Crippen LogP contribution in [0.4, 0.5) is 11.4 Å². The molecular weight excluding hydrogens is 1610 g/mol. The summed E-state index contributed by atoms with van der Waals surface area (Å²) in [5.41, 5.74) is -1.03. The first-order valence-electron chi connectivity index (χ1n) is 20.5. The van der Waals surface area contributed by atoms with Crippen LogP contribution in [0.5, 0.6) is 0 Å². The standard InChI is InChI=1S/C40H52I6N6O18/c1-40(2)69-12-17(21(62)13-70-40)50-39(68)27-29(42)26(38(67)49-16(8-55)20(61)11-58)32(45)35(33(27)46)52(4)23(64)5-22(63)51(3)34-30(43)24(36(65)47-14(6-53)18(59)9-56)28(41)25(31(34)44)37(66)48-15(7-54)19(60)10-57/h14-21,53-62H,5-13H2,1-4H3,(H,47,65)(H,48,66)(H,49,67)(H,50,68). The topological polar surface area (TPSA) is 378 Å². The maximum atomic E-state index is 14.4. The molecule has 2 aromatic carbocycles. The largest absolute Gasteiger partial charge is 0.394 e. The third kappa shape index (κ3) is 15.2. The van der Waals surface area contributed by atoms with Gasteiger partial charge in [-0.25, -0.2) is 0 Å². The van der Waals surface area contributed by atoms with Crippen LogP contribution in [-0.4, -0.2) is 208 Å². The molecule has 30 heteroatoms. The Morgan fingerprint density at radius 3 is 1.14 bits per heavy atom. The molecule has 70 heavy (non-hydrogen) atoms. The fourth-order valence-corrected chi connectivity index (χ4v) is 16.2. The minimum absolute atomic E-state index is 0.0289. The fourth-order valence-electron chi connectivity index (χ4n) is 6.42. The molecule has 0 aromatic heterocycles. The molecular formula is C40H52I6N6O18. The van der Waals surface area contributed by atoms with Crippen molar-refractivity contribution >= 4 is 182 Å². The Kier molecular flexibility index (Phi) is 25.7. The number of benzene rings is 2. The maximum absolute atomic E-state index is 14.4. The molecule has 0 bridgehead atoms. The van der Waals surface area contributed by atoms with Gasteiger partial charge in [0.05, 0.1) is 149 Å². The Morgan fingerprint density at radius 2 is 0.843 bits per heavy atom. The van der Waals surface area contributed by atoms with Crippen LogP contribution in [0.3, 0.4) is 0 Å². The molecule has 1 saturated heterocycles. The number of halogens is 6. The molecule has 8 atom stereocenters. The van der Waals surface area contributed by atoms with Crippen LogP contribution in [0.15, 0.2) is 0 Å². The molecule has 8 unspecified atom stereocenters. The lowest BCUT2D eigenvalue weighted by atomic mass is 10.0. The predicted molar refractivity (Wildman–Crippen MR) is 298 cm³/mol. The van der Waals surface area contributed by atoms with E-state index in [0.717, 1.165) is 9.80 Å². The van der Waals surface area contributed by atoms with Gasteiger partial charge in [-0.05, 0) is 149 Å². The lowest BCUT2D eigenvalue weighted by molar-refractivity contribution is -0.203. The zero-order valence-electron chi connectivity index (χ0n) is 37.4. The second-order valence-corrected chi connectivity index (χ2v) is 22.3. The van der Waals surface area contributed by atoms with Gasteiger partial charge >= 0.3 is 0 Å². The molecule has 392 valence electrons. The fraction of sp³-hybridized carbons (Fsp3) is 0.550. The number of nitrogens with zero attached hydrogens (tertiary/aromatic N) is 2. The molecule has 3 rings (SSSR count). The number of ether oxygens (including phenoxy) is 2. The van der Waals surface area contributed by atoms with Crippen LogP contribution in [-0.2, 0) is 19.1 Å². The monoisotopic (exact) mass is 1670 g/mol. The molecule has 1 aliphatic rings. The molecule has 0 aliphatic carbocycles. The van der Waals surface area contributed by atoms with Crippen molar-refractivity contribution in [2.75, 3.05) is 76.8 Å². The third-order valence-corrected chi connectivity index (χ3v) is 17.1. The number of hydrogen-bond donors (Lipinski definition) is 14. The van der Waals surface area contributed by atoms with E-state index in [9.17, 15) is 79.8 Å². The highest BCUT2D eigenvalue weighted by Gasteiger charge is 2.38. The quantitative estimate of drug-likeness (QED) is 0.0470. The van der Waals surface area contributed by atoms with E-state index in [1.165, 1.54) is 14.1 Å². The summed E-state index contributed by atoms with van der Waals surface area (Å²) >= 11 is 10.4. The number of aliphatic hydroxyl groups is 10. The second-order valence-electron chi connectivity index (χ2n) is 15.9. The first-order valence-corrected chi connectivity index (χ1v) is 27.0. The Bertz CT molecular complexity index is 2220. The van der Waals surface area contributed by atoms with Gasteiger partial charge in [0.25, 0.3) is 23.6 Å². The highest BCUT2D eigenvalue weighted by atomic mass is 127. The molecule has 1 heterocycles.